The lowest BCUT2D eigenvalue weighted by molar-refractivity contribution is 0.0190. The zero-order valence-electron chi connectivity index (χ0n) is 20.6. The standard InChI is InChI=1S/C27H37N5O2/c1-19-17-28-14-16-32(19)24-22-11-13-27(12-5-8-20-7-3-4-10-23(20)27)34-25(22)30-26(29-24)33-18-21-9-6-15-31(21)2/h3-4,7,10,19,21,28H,5-6,8-9,11-18H2,1-2H3/t19-,21-,27?/m0/s1. The van der Waals surface area contributed by atoms with E-state index >= 15 is 0 Å². The minimum absolute atomic E-state index is 0.286. The summed E-state index contributed by atoms with van der Waals surface area (Å²) in [6.07, 6.45) is 7.61. The van der Waals surface area contributed by atoms with Crippen molar-refractivity contribution < 1.29 is 9.47 Å². The third-order valence-corrected chi connectivity index (χ3v) is 8.38. The number of aryl methyl sites for hydroxylation is 1. The molecule has 182 valence electrons. The Morgan fingerprint density at radius 3 is 2.91 bits per heavy atom. The van der Waals surface area contributed by atoms with Crippen molar-refractivity contribution in [3.63, 3.8) is 0 Å². The lowest BCUT2D eigenvalue weighted by atomic mass is 9.75. The number of ether oxygens (including phenoxy) is 2. The summed E-state index contributed by atoms with van der Waals surface area (Å²) < 4.78 is 13.2. The number of piperazine rings is 1. The number of nitrogens with zero attached hydrogens (tertiary/aromatic N) is 4. The van der Waals surface area contributed by atoms with Gasteiger partial charge in [-0.25, -0.2) is 0 Å². The first-order chi connectivity index (χ1) is 16.6. The van der Waals surface area contributed by atoms with Crippen molar-refractivity contribution in [2.24, 2.45) is 0 Å². The van der Waals surface area contributed by atoms with E-state index in [0.717, 1.165) is 75.5 Å². The van der Waals surface area contributed by atoms with Gasteiger partial charge in [0.1, 0.15) is 18.0 Å². The van der Waals surface area contributed by atoms with Crippen LogP contribution in [0.2, 0.25) is 0 Å². The molecule has 0 amide bonds. The molecule has 0 saturated carbocycles. The molecule has 0 radical (unpaired) electrons. The minimum Gasteiger partial charge on any atom is -0.466 e. The lowest BCUT2D eigenvalue weighted by Crippen LogP contribution is -2.51. The van der Waals surface area contributed by atoms with E-state index in [2.05, 4.69) is 53.4 Å². The molecule has 1 spiro atoms. The Morgan fingerprint density at radius 1 is 1.15 bits per heavy atom. The van der Waals surface area contributed by atoms with Crippen LogP contribution in [0.25, 0.3) is 0 Å². The molecule has 6 rings (SSSR count). The van der Waals surface area contributed by atoms with E-state index in [4.69, 9.17) is 19.4 Å². The summed E-state index contributed by atoms with van der Waals surface area (Å²) in [5, 5.41) is 3.50. The molecule has 3 atom stereocenters. The maximum absolute atomic E-state index is 6.90. The second-order valence-electron chi connectivity index (χ2n) is 10.6. The van der Waals surface area contributed by atoms with E-state index in [1.54, 1.807) is 0 Å². The van der Waals surface area contributed by atoms with Gasteiger partial charge in [-0.1, -0.05) is 24.3 Å². The molecule has 1 aliphatic carbocycles. The zero-order valence-corrected chi connectivity index (χ0v) is 20.6. The van der Waals surface area contributed by atoms with E-state index in [1.165, 1.54) is 24.0 Å². The fourth-order valence-corrected chi connectivity index (χ4v) is 6.37. The predicted octanol–water partition coefficient (Wildman–Crippen LogP) is 3.30. The quantitative estimate of drug-likeness (QED) is 0.746. The molecule has 3 aliphatic heterocycles. The Labute approximate surface area is 202 Å². The first kappa shape index (κ1) is 22.1. The molecule has 7 heteroatoms. The largest absolute Gasteiger partial charge is 0.466 e. The zero-order chi connectivity index (χ0) is 23.1. The monoisotopic (exact) mass is 463 g/mol. The maximum Gasteiger partial charge on any atom is 0.321 e. The summed E-state index contributed by atoms with van der Waals surface area (Å²) in [5.41, 5.74) is 3.62. The van der Waals surface area contributed by atoms with Crippen molar-refractivity contribution in [3.05, 3.63) is 41.0 Å². The number of benzene rings is 1. The molecule has 1 aromatic carbocycles. The van der Waals surface area contributed by atoms with Gasteiger partial charge in [-0.3, -0.25) is 0 Å². The van der Waals surface area contributed by atoms with Crippen molar-refractivity contribution >= 4 is 5.82 Å². The number of likely N-dealkylation sites (tertiary alicyclic amines) is 1. The van der Waals surface area contributed by atoms with Crippen LogP contribution in [0.4, 0.5) is 5.82 Å². The smallest absolute Gasteiger partial charge is 0.321 e. The molecule has 1 N–H and O–H groups in total. The molecule has 2 fully saturated rings. The Hall–Kier alpha value is -2.38. The number of anilines is 1. The number of fused-ring (bicyclic) bond motifs is 3. The number of hydrogen-bond acceptors (Lipinski definition) is 7. The SMILES string of the molecule is C[C@H]1CNCCN1c1nc(OC[C@@H]2CCCN2C)nc2c1CCC1(CCCc3ccccc31)O2. The topological polar surface area (TPSA) is 62.8 Å². The number of aromatic nitrogens is 2. The highest BCUT2D eigenvalue weighted by molar-refractivity contribution is 5.55. The van der Waals surface area contributed by atoms with Gasteiger partial charge in [-0.05, 0) is 76.6 Å². The summed E-state index contributed by atoms with van der Waals surface area (Å²) in [5.74, 6) is 1.74. The van der Waals surface area contributed by atoms with Crippen molar-refractivity contribution in [1.29, 1.82) is 0 Å². The molecule has 4 heterocycles. The van der Waals surface area contributed by atoms with E-state index in [9.17, 15) is 0 Å². The fraction of sp³-hybridized carbons (Fsp3) is 0.630. The van der Waals surface area contributed by atoms with Crippen LogP contribution in [-0.4, -0.2) is 66.8 Å². The minimum atomic E-state index is -0.286. The van der Waals surface area contributed by atoms with E-state index in [0.29, 0.717) is 24.7 Å². The third kappa shape index (κ3) is 3.93. The van der Waals surface area contributed by atoms with Gasteiger partial charge in [0, 0.05) is 31.7 Å². The average molecular weight is 464 g/mol. The van der Waals surface area contributed by atoms with Gasteiger partial charge in [0.2, 0.25) is 5.88 Å². The van der Waals surface area contributed by atoms with Gasteiger partial charge >= 0.3 is 6.01 Å². The van der Waals surface area contributed by atoms with Crippen molar-refractivity contribution in [1.82, 2.24) is 20.2 Å². The van der Waals surface area contributed by atoms with Crippen LogP contribution in [0.5, 0.6) is 11.9 Å². The van der Waals surface area contributed by atoms with E-state index in [-0.39, 0.29) is 5.60 Å². The second-order valence-corrected chi connectivity index (χ2v) is 10.6. The molecule has 2 saturated heterocycles. The van der Waals surface area contributed by atoms with Gasteiger partial charge < -0.3 is 24.6 Å². The first-order valence-corrected chi connectivity index (χ1v) is 13.1. The van der Waals surface area contributed by atoms with Gasteiger partial charge in [0.15, 0.2) is 0 Å². The maximum atomic E-state index is 6.90. The van der Waals surface area contributed by atoms with Crippen molar-refractivity contribution in [2.45, 2.75) is 69.6 Å². The highest BCUT2D eigenvalue weighted by atomic mass is 16.5. The molecule has 1 aromatic heterocycles. The molecule has 7 nitrogen and oxygen atoms in total. The molecule has 2 aromatic rings. The number of likely N-dealkylation sites (N-methyl/N-ethyl adjacent to an activating group) is 1. The Morgan fingerprint density at radius 2 is 2.06 bits per heavy atom. The van der Waals surface area contributed by atoms with Gasteiger partial charge in [0.25, 0.3) is 0 Å². The van der Waals surface area contributed by atoms with Crippen LogP contribution >= 0.6 is 0 Å². The van der Waals surface area contributed by atoms with Crippen LogP contribution in [0.15, 0.2) is 24.3 Å². The van der Waals surface area contributed by atoms with E-state index in [1.807, 2.05) is 0 Å². The van der Waals surface area contributed by atoms with Gasteiger partial charge in [0.05, 0.1) is 5.56 Å². The highest BCUT2D eigenvalue weighted by Gasteiger charge is 2.43. The Balaban J connectivity index is 1.36. The third-order valence-electron chi connectivity index (χ3n) is 8.38. The number of nitrogens with one attached hydrogen (secondary N) is 1. The van der Waals surface area contributed by atoms with Crippen LogP contribution < -0.4 is 19.7 Å². The van der Waals surface area contributed by atoms with Gasteiger partial charge in [-0.15, -0.1) is 0 Å². The molecule has 34 heavy (non-hydrogen) atoms. The summed E-state index contributed by atoms with van der Waals surface area (Å²) >= 11 is 0. The molecule has 1 unspecified atom stereocenters. The van der Waals surface area contributed by atoms with Crippen LogP contribution in [0.3, 0.4) is 0 Å². The Bertz CT molecular complexity index is 1050. The summed E-state index contributed by atoms with van der Waals surface area (Å²) in [6, 6.07) is 10.1. The molecule has 0 bridgehead atoms. The number of rotatable bonds is 4. The lowest BCUT2D eigenvalue weighted by Gasteiger charge is -2.43. The van der Waals surface area contributed by atoms with Crippen molar-refractivity contribution in [3.8, 4) is 11.9 Å². The fourth-order valence-electron chi connectivity index (χ4n) is 6.37. The Kier molecular flexibility index (Phi) is 5.86. The highest BCUT2D eigenvalue weighted by Crippen LogP contribution is 2.48. The van der Waals surface area contributed by atoms with Crippen LogP contribution in [0, 0.1) is 0 Å². The molecular weight excluding hydrogens is 426 g/mol. The number of hydrogen-bond donors (Lipinski definition) is 1. The average Bonchev–Trinajstić information content (AvgIpc) is 3.27. The van der Waals surface area contributed by atoms with Crippen LogP contribution in [0.1, 0.15) is 55.7 Å². The summed E-state index contributed by atoms with van der Waals surface area (Å²) in [7, 11) is 2.18. The van der Waals surface area contributed by atoms with Crippen molar-refractivity contribution in [2.75, 3.05) is 44.7 Å². The first-order valence-electron chi connectivity index (χ1n) is 13.1. The van der Waals surface area contributed by atoms with Gasteiger partial charge in [-0.2, -0.15) is 9.97 Å². The van der Waals surface area contributed by atoms with E-state index < -0.39 is 0 Å². The molecule has 4 aliphatic rings. The summed E-state index contributed by atoms with van der Waals surface area (Å²) in [4.78, 5) is 14.7. The molecular formula is C27H37N5O2. The second kappa shape index (κ2) is 9.00. The van der Waals surface area contributed by atoms with Crippen LogP contribution in [-0.2, 0) is 18.4 Å². The summed E-state index contributed by atoms with van der Waals surface area (Å²) in [6.45, 7) is 6.87. The normalized spacial score (nSPS) is 28.9. The predicted molar refractivity (Wildman–Crippen MR) is 133 cm³/mol.